The predicted octanol–water partition coefficient (Wildman–Crippen LogP) is 14.9. The number of ether oxygens (including phenoxy) is 2. The van der Waals surface area contributed by atoms with Gasteiger partial charge in [-0.25, -0.2) is 0 Å². The van der Waals surface area contributed by atoms with Crippen LogP contribution in [0.2, 0.25) is 0 Å². The normalized spacial score (nSPS) is 22.5. The number of rotatable bonds is 4. The first kappa shape index (κ1) is 37.7. The Labute approximate surface area is 376 Å². The largest absolute Gasteiger partial charge is 0.488 e. The number of anilines is 2. The molecule has 8 aromatic rings. The van der Waals surface area contributed by atoms with Gasteiger partial charge in [0, 0.05) is 44.9 Å². The van der Waals surface area contributed by atoms with Gasteiger partial charge in [0.05, 0.1) is 22.5 Å². The molecule has 5 aliphatic rings. The zero-order chi connectivity index (χ0) is 42.7. The van der Waals surface area contributed by atoms with Crippen molar-refractivity contribution in [2.24, 2.45) is 11.8 Å². The number of fused-ring (bicyclic) bond motifs is 14. The van der Waals surface area contributed by atoms with Crippen LogP contribution in [0, 0.1) is 11.8 Å². The Morgan fingerprint density at radius 2 is 1.27 bits per heavy atom. The number of benzene rings is 7. The van der Waals surface area contributed by atoms with Gasteiger partial charge in [0.1, 0.15) is 23.4 Å². The first-order valence-electron chi connectivity index (χ1n) is 23.4. The zero-order valence-corrected chi connectivity index (χ0v) is 36.7. The van der Waals surface area contributed by atoms with Crippen LogP contribution in [-0.4, -0.2) is 16.7 Å². The minimum atomic E-state index is -0.418. The Morgan fingerprint density at radius 1 is 0.609 bits per heavy atom. The molecule has 0 bridgehead atoms. The number of nitrogens with zero attached hydrogens (tertiary/aromatic N) is 2. The molecule has 0 amide bonds. The average molecular weight is 833 g/mol. The van der Waals surface area contributed by atoms with Crippen LogP contribution in [0.25, 0.3) is 27.5 Å². The molecule has 3 heterocycles. The molecule has 4 heteroatoms. The van der Waals surface area contributed by atoms with Crippen molar-refractivity contribution in [3.8, 4) is 17.2 Å². The third-order valence-corrected chi connectivity index (χ3v) is 15.6. The van der Waals surface area contributed by atoms with Crippen molar-refractivity contribution in [3.05, 3.63) is 221 Å². The summed E-state index contributed by atoms with van der Waals surface area (Å²) < 4.78 is 16.8. The molecule has 64 heavy (non-hydrogen) atoms. The molecule has 1 aromatic heterocycles. The molecule has 4 nitrogen and oxygen atoms in total. The van der Waals surface area contributed by atoms with E-state index in [1.54, 1.807) is 0 Å². The molecular formula is C60H52N2O2. The fourth-order valence-electron chi connectivity index (χ4n) is 13.0. The smallest absolute Gasteiger partial charge is 0.131 e. The topological polar surface area (TPSA) is 26.6 Å². The Bertz CT molecular complexity index is 3160. The number of hydrogen-bond acceptors (Lipinski definition) is 3. The van der Waals surface area contributed by atoms with Crippen LogP contribution in [0.1, 0.15) is 80.2 Å². The van der Waals surface area contributed by atoms with Crippen LogP contribution in [0.3, 0.4) is 0 Å². The van der Waals surface area contributed by atoms with Crippen LogP contribution in [0.4, 0.5) is 11.4 Å². The lowest BCUT2D eigenvalue weighted by Crippen LogP contribution is -2.47. The third kappa shape index (κ3) is 5.41. The summed E-state index contributed by atoms with van der Waals surface area (Å²) in [6.45, 7) is 6.93. The van der Waals surface area contributed by atoms with Crippen LogP contribution >= 0.6 is 0 Å². The monoisotopic (exact) mass is 832 g/mol. The molecule has 0 N–H and O–H groups in total. The minimum absolute atomic E-state index is 0.0140. The summed E-state index contributed by atoms with van der Waals surface area (Å²) in [4.78, 5) is 2.70. The van der Waals surface area contributed by atoms with Crippen molar-refractivity contribution in [1.82, 2.24) is 4.57 Å². The molecule has 0 saturated heterocycles. The fourth-order valence-corrected chi connectivity index (χ4v) is 13.0. The van der Waals surface area contributed by atoms with Gasteiger partial charge in [-0.1, -0.05) is 142 Å². The maximum absolute atomic E-state index is 7.48. The molecule has 1 spiro atoms. The van der Waals surface area contributed by atoms with Gasteiger partial charge in [-0.05, 0) is 126 Å². The Hall–Kier alpha value is -6.78. The number of aromatic nitrogens is 1. The van der Waals surface area contributed by atoms with E-state index in [-0.39, 0.29) is 29.4 Å². The standard InChI is InChI=1S/C60H52N2O2/c1-59(2,3)38-29-31-40(32-30-38)61(41-33-34-44-43-20-8-13-25-52(43)62(53(44)35-41)39-17-5-4-6-18-39)54-37-51-46(36-47-45-21-9-14-26-55(45)64-58(47)54)42-19-7-10-22-48(42)60(51)49-23-11-15-27-56(49)63-57-28-16-12-24-50(57)60/h4-8,10-20,22-35,46-47,51,54,58H,9,21,36-37H2,1-3H3. The van der Waals surface area contributed by atoms with Crippen LogP contribution in [0.15, 0.2) is 193 Å². The second-order valence-corrected chi connectivity index (χ2v) is 19.8. The molecule has 3 aliphatic carbocycles. The summed E-state index contributed by atoms with van der Waals surface area (Å²) in [7, 11) is 0. The van der Waals surface area contributed by atoms with E-state index in [1.807, 2.05) is 0 Å². The molecule has 314 valence electrons. The minimum Gasteiger partial charge on any atom is -0.488 e. The van der Waals surface area contributed by atoms with E-state index in [9.17, 15) is 0 Å². The van der Waals surface area contributed by atoms with Crippen LogP contribution in [-0.2, 0) is 15.6 Å². The van der Waals surface area contributed by atoms with Crippen LogP contribution in [0.5, 0.6) is 11.5 Å². The second-order valence-electron chi connectivity index (χ2n) is 19.8. The summed E-state index contributed by atoms with van der Waals surface area (Å²) in [6, 6.07) is 63.6. The molecular weight excluding hydrogens is 781 g/mol. The predicted molar refractivity (Wildman–Crippen MR) is 260 cm³/mol. The molecule has 5 atom stereocenters. The van der Waals surface area contributed by atoms with E-state index in [0.29, 0.717) is 5.92 Å². The van der Waals surface area contributed by atoms with Crippen molar-refractivity contribution in [3.63, 3.8) is 0 Å². The van der Waals surface area contributed by atoms with Crippen LogP contribution < -0.4 is 9.64 Å². The van der Waals surface area contributed by atoms with Crippen molar-refractivity contribution >= 4 is 33.2 Å². The quantitative estimate of drug-likeness (QED) is 0.177. The first-order valence-corrected chi connectivity index (χ1v) is 23.4. The lowest BCUT2D eigenvalue weighted by atomic mass is 9.61. The van der Waals surface area contributed by atoms with Gasteiger partial charge >= 0.3 is 0 Å². The Balaban J connectivity index is 1.08. The Kier molecular flexibility index (Phi) is 8.32. The molecule has 13 rings (SSSR count). The van der Waals surface area contributed by atoms with Crippen molar-refractivity contribution in [1.29, 1.82) is 0 Å². The van der Waals surface area contributed by atoms with E-state index in [0.717, 1.165) is 48.6 Å². The van der Waals surface area contributed by atoms with Gasteiger partial charge < -0.3 is 18.9 Å². The maximum Gasteiger partial charge on any atom is 0.131 e. The van der Waals surface area contributed by atoms with E-state index < -0.39 is 5.41 Å². The average Bonchev–Trinajstić information content (AvgIpc) is 3.91. The summed E-state index contributed by atoms with van der Waals surface area (Å²) in [5.41, 5.74) is 13.8. The van der Waals surface area contributed by atoms with E-state index >= 15 is 0 Å². The van der Waals surface area contributed by atoms with E-state index in [2.05, 4.69) is 212 Å². The van der Waals surface area contributed by atoms with Crippen molar-refractivity contribution in [2.45, 2.75) is 75.3 Å². The highest BCUT2D eigenvalue weighted by atomic mass is 16.5. The van der Waals surface area contributed by atoms with Gasteiger partial charge in [-0.2, -0.15) is 0 Å². The highest BCUT2D eigenvalue weighted by molar-refractivity contribution is 6.10. The van der Waals surface area contributed by atoms with Gasteiger partial charge in [0.15, 0.2) is 0 Å². The number of hydrogen-bond donors (Lipinski definition) is 0. The maximum atomic E-state index is 7.48. The number of para-hydroxylation sites is 4. The second kappa shape index (κ2) is 14.1. The summed E-state index contributed by atoms with van der Waals surface area (Å²) in [5, 5.41) is 2.52. The molecule has 1 fully saturated rings. The highest BCUT2D eigenvalue weighted by Crippen LogP contribution is 2.68. The molecule has 2 aliphatic heterocycles. The van der Waals surface area contributed by atoms with Gasteiger partial charge in [0.2, 0.25) is 0 Å². The van der Waals surface area contributed by atoms with Gasteiger partial charge in [-0.15, -0.1) is 0 Å². The highest BCUT2D eigenvalue weighted by Gasteiger charge is 2.61. The van der Waals surface area contributed by atoms with E-state index in [1.165, 1.54) is 66.6 Å². The van der Waals surface area contributed by atoms with Crippen molar-refractivity contribution < 1.29 is 9.47 Å². The number of allylic oxidation sites excluding steroid dienone is 2. The van der Waals surface area contributed by atoms with Gasteiger partial charge in [-0.3, -0.25) is 0 Å². The fraction of sp³-hybridized carbons (Fsp3) is 0.233. The summed E-state index contributed by atoms with van der Waals surface area (Å²) >= 11 is 0. The Morgan fingerprint density at radius 3 is 2.03 bits per heavy atom. The SMILES string of the molecule is CC(C)(C)c1ccc(N(c2ccc3c4ccccc4n(-c4ccccc4)c3c2)C2CC3C(CC4C5=C(C=CCC5)OC42)c2ccccc2C32c3ccccc3Oc3ccccc32)cc1. The van der Waals surface area contributed by atoms with Gasteiger partial charge in [0.25, 0.3) is 0 Å². The van der Waals surface area contributed by atoms with Crippen molar-refractivity contribution in [2.75, 3.05) is 4.90 Å². The zero-order valence-electron chi connectivity index (χ0n) is 36.7. The molecule has 0 radical (unpaired) electrons. The summed E-state index contributed by atoms with van der Waals surface area (Å²) in [6.07, 6.45) is 8.61. The molecule has 5 unspecified atom stereocenters. The lowest BCUT2D eigenvalue weighted by Gasteiger charge is -2.46. The first-order chi connectivity index (χ1) is 31.4. The lowest BCUT2D eigenvalue weighted by molar-refractivity contribution is 0.0927. The summed E-state index contributed by atoms with van der Waals surface area (Å²) in [5.74, 6) is 3.83. The van der Waals surface area contributed by atoms with E-state index in [4.69, 9.17) is 9.47 Å². The molecule has 7 aromatic carbocycles. The third-order valence-electron chi connectivity index (χ3n) is 15.6. The molecule has 1 saturated carbocycles.